The van der Waals surface area contributed by atoms with Crippen LogP contribution in [0.15, 0.2) is 45.9 Å². The molecule has 40 heavy (non-hydrogen) atoms. The van der Waals surface area contributed by atoms with Crippen molar-refractivity contribution < 1.29 is 27.2 Å². The molecule has 15 heteroatoms. The molecule has 2 aromatic rings. The second-order valence-corrected chi connectivity index (χ2v) is 45.0. The van der Waals surface area contributed by atoms with E-state index in [0.29, 0.717) is 19.6 Å². The van der Waals surface area contributed by atoms with E-state index in [1.165, 1.54) is 0 Å². The van der Waals surface area contributed by atoms with E-state index in [1.54, 1.807) is 36.8 Å². The monoisotopic (exact) mass is 1080 g/mol. The van der Waals surface area contributed by atoms with Crippen molar-refractivity contribution in [2.75, 3.05) is 33.3 Å². The van der Waals surface area contributed by atoms with Crippen LogP contribution in [-0.4, -0.2) is 60.0 Å². The Balaban J connectivity index is -0.000000474. The zero-order valence-corrected chi connectivity index (χ0v) is 32.0. The molecule has 2 aromatic heterocycles. The first-order chi connectivity index (χ1) is 17.7. The van der Waals surface area contributed by atoms with Crippen molar-refractivity contribution in [3.05, 3.63) is 58.4 Å². The summed E-state index contributed by atoms with van der Waals surface area (Å²) in [7, 11) is 1.61. The molecular weight excluding hydrogens is 1040 g/mol. The number of alkyl halides is 4. The van der Waals surface area contributed by atoms with Crippen molar-refractivity contribution in [2.45, 2.75) is 59.4 Å². The average Bonchev–Trinajstić information content (AvgIpc) is 3.38. The summed E-state index contributed by atoms with van der Waals surface area (Å²) < 4.78 is 56.3. The normalized spacial score (nSPS) is 16.1. The Labute approximate surface area is 292 Å². The minimum atomic E-state index is -2.51. The number of ether oxygens (including phenoxy) is 1. The predicted molar refractivity (Wildman–Crippen MR) is 189 cm³/mol. The molecule has 0 amide bonds. The Bertz CT molecular complexity index is 902. The molecule has 5 nitrogen and oxygen atoms in total. The van der Waals surface area contributed by atoms with Gasteiger partial charge in [0.05, 0.1) is 26.4 Å². The number of likely N-dealkylation sites (tertiary alicyclic amines) is 1. The average molecular weight is 1080 g/mol. The molecule has 0 spiro atoms. The molecule has 234 valence electrons. The van der Waals surface area contributed by atoms with Gasteiger partial charge in [-0.05, 0) is 49.6 Å². The van der Waals surface area contributed by atoms with E-state index in [2.05, 4.69) is 114 Å². The fraction of sp³-hybridized carbons (Fsp3) is 0.560. The van der Waals surface area contributed by atoms with Gasteiger partial charge >= 0.3 is 64.9 Å². The third-order valence-corrected chi connectivity index (χ3v) is 5.25. The van der Waals surface area contributed by atoms with Crippen LogP contribution in [0.25, 0.3) is 0 Å². The van der Waals surface area contributed by atoms with E-state index in [9.17, 15) is 17.6 Å². The van der Waals surface area contributed by atoms with E-state index in [1.807, 2.05) is 19.1 Å². The van der Waals surface area contributed by atoms with Crippen molar-refractivity contribution >= 4 is 91.8 Å². The molecule has 4 heterocycles. The first-order valence-corrected chi connectivity index (χ1v) is 26.3. The number of pyridine rings is 2. The standard InChI is InChI=1S/C10H11BrF2N2.C6H6BrNO.C4H7F2N.C3H7.2CH4.3HI.V/c11-9-3-8(4-14-5-9)6-15-2-1-10(12,13)7-15;1-9-6-2-5(7)3-8-4-6;5-4(6)1-2-7-3-4;1-3-2;;;;;;/h3-5H,1-2,6-7H2;2-4H,1H3;7H,1-3H2;1,3H2,2H3;2*1H4;3*1H;/q;;;-1;;;;;;+3/p-3. The Hall–Kier alpha value is 1.47. The third kappa shape index (κ3) is 25.9. The molecule has 2 aliphatic rings. The number of rotatable bonds is 3. The van der Waals surface area contributed by atoms with Gasteiger partial charge in [-0.25, -0.2) is 17.6 Å². The molecule has 2 fully saturated rings. The zero-order valence-electron chi connectivity index (χ0n) is 20.9. The van der Waals surface area contributed by atoms with E-state index >= 15 is 0 Å². The van der Waals surface area contributed by atoms with Gasteiger partial charge < -0.3 is 17.0 Å². The summed E-state index contributed by atoms with van der Waals surface area (Å²) in [5, 5.41) is 2.56. The van der Waals surface area contributed by atoms with E-state index in [4.69, 9.17) is 4.74 Å². The first kappa shape index (κ1) is 45.9. The first-order valence-electron chi connectivity index (χ1n) is 11.2. The molecule has 2 saturated heterocycles. The van der Waals surface area contributed by atoms with Crippen LogP contribution in [0.5, 0.6) is 5.75 Å². The fourth-order valence-electron chi connectivity index (χ4n) is 2.88. The Kier molecular flexibility index (Phi) is 29.6. The predicted octanol–water partition coefficient (Wildman–Crippen LogP) is 10.3. The van der Waals surface area contributed by atoms with Gasteiger partial charge in [0, 0.05) is 60.0 Å². The van der Waals surface area contributed by atoms with Gasteiger partial charge in [0.2, 0.25) is 0 Å². The van der Waals surface area contributed by atoms with E-state index < -0.39 is 11.8 Å². The third-order valence-electron chi connectivity index (χ3n) is 4.38. The fourth-order valence-corrected chi connectivity index (χ4v) is 3.63. The summed E-state index contributed by atoms with van der Waals surface area (Å²) in [5.74, 6) is -4.16. The maximum absolute atomic E-state index is 12.9. The Morgan fingerprint density at radius 1 is 1.00 bits per heavy atom. The SMILES string of the molecule is C.C.COc1cncc(Br)c1.FC1(F)CCN(Cc2cncc(Br)c2)C1.FC1(F)CCNC1.[CH2-]CC.[I][V]([I])[I]. The van der Waals surface area contributed by atoms with Crippen molar-refractivity contribution in [2.24, 2.45) is 0 Å². The van der Waals surface area contributed by atoms with Crippen molar-refractivity contribution in [1.82, 2.24) is 20.2 Å². The summed E-state index contributed by atoms with van der Waals surface area (Å²) in [6.07, 6.45) is 7.73. The van der Waals surface area contributed by atoms with Crippen molar-refractivity contribution in [3.63, 3.8) is 0 Å². The molecule has 0 radical (unpaired) electrons. The number of hydrogen-bond donors (Lipinski definition) is 1. The quantitative estimate of drug-likeness (QED) is 0.189. The second-order valence-electron chi connectivity index (χ2n) is 7.85. The minimum absolute atomic E-state index is 0. The summed E-state index contributed by atoms with van der Waals surface area (Å²) in [6.45, 7) is 6.70. The molecule has 0 bridgehead atoms. The number of halogens is 9. The Morgan fingerprint density at radius 2 is 1.52 bits per heavy atom. The molecular formula is C25H39Br2F4I3N4OV-. The number of methoxy groups -OCH3 is 1. The molecule has 4 rings (SSSR count). The molecule has 0 saturated carbocycles. The maximum atomic E-state index is 12.9. The van der Waals surface area contributed by atoms with Gasteiger partial charge in [0.1, 0.15) is 5.75 Å². The van der Waals surface area contributed by atoms with Crippen molar-refractivity contribution in [1.29, 1.82) is 0 Å². The molecule has 2 aliphatic heterocycles. The van der Waals surface area contributed by atoms with Crippen LogP contribution >= 0.6 is 91.8 Å². The molecule has 0 unspecified atom stereocenters. The van der Waals surface area contributed by atoms with Gasteiger partial charge in [-0.1, -0.05) is 21.8 Å². The van der Waals surface area contributed by atoms with Crippen LogP contribution < -0.4 is 10.1 Å². The summed E-state index contributed by atoms with van der Waals surface area (Å²) in [6, 6.07) is 3.76. The molecule has 0 aromatic carbocycles. The summed E-state index contributed by atoms with van der Waals surface area (Å²) in [5.41, 5.74) is 0.960. The van der Waals surface area contributed by atoms with Crippen LogP contribution in [0.2, 0.25) is 0 Å². The topological polar surface area (TPSA) is 50.3 Å². The number of hydrogen-bond acceptors (Lipinski definition) is 5. The number of nitrogens with zero attached hydrogens (tertiary/aromatic N) is 3. The van der Waals surface area contributed by atoms with Crippen LogP contribution in [0, 0.1) is 6.92 Å². The van der Waals surface area contributed by atoms with Crippen LogP contribution in [0.3, 0.4) is 0 Å². The van der Waals surface area contributed by atoms with Crippen LogP contribution in [0.1, 0.15) is 46.6 Å². The second kappa shape index (κ2) is 25.8. The Morgan fingerprint density at radius 3 is 1.85 bits per heavy atom. The molecule has 0 atom stereocenters. The summed E-state index contributed by atoms with van der Waals surface area (Å²) >= 11 is 14.0. The van der Waals surface area contributed by atoms with Crippen molar-refractivity contribution in [3.8, 4) is 5.75 Å². The zero-order chi connectivity index (χ0) is 29.2. The van der Waals surface area contributed by atoms with Gasteiger partial charge in [-0.2, -0.15) is 6.42 Å². The van der Waals surface area contributed by atoms with E-state index in [-0.39, 0.29) is 45.7 Å². The molecule has 0 aliphatic carbocycles. The number of aromatic nitrogens is 2. The van der Waals surface area contributed by atoms with Crippen LogP contribution in [-0.2, 0) is 11.5 Å². The van der Waals surface area contributed by atoms with E-state index in [0.717, 1.165) is 26.7 Å². The van der Waals surface area contributed by atoms with Crippen LogP contribution in [0.4, 0.5) is 17.6 Å². The molecule has 1 N–H and O–H groups in total. The summed E-state index contributed by atoms with van der Waals surface area (Å²) in [4.78, 5) is 9.36. The van der Waals surface area contributed by atoms with Gasteiger partial charge in [-0.3, -0.25) is 14.9 Å². The van der Waals surface area contributed by atoms with Gasteiger partial charge in [0.15, 0.2) is 0 Å². The van der Waals surface area contributed by atoms with Gasteiger partial charge in [0.25, 0.3) is 11.8 Å². The van der Waals surface area contributed by atoms with Gasteiger partial charge in [-0.15, -0.1) is 0 Å². The number of nitrogens with one attached hydrogen (secondary N) is 1.